The number of nitrogens with two attached hydrogens (primary N) is 1. The first-order chi connectivity index (χ1) is 14.9. The zero-order valence-electron chi connectivity index (χ0n) is 20.3. The Morgan fingerprint density at radius 2 is 1.66 bits per heavy atom. The van der Waals surface area contributed by atoms with E-state index in [1.54, 1.807) is 0 Å². The van der Waals surface area contributed by atoms with E-state index in [1.165, 1.54) is 11.0 Å². The molecule has 1 aromatic heterocycles. The third-order valence-electron chi connectivity index (χ3n) is 6.63. The van der Waals surface area contributed by atoms with Crippen molar-refractivity contribution in [3.05, 3.63) is 12.2 Å². The number of fused-ring (bicyclic) bond motifs is 1. The molecule has 2 fully saturated rings. The van der Waals surface area contributed by atoms with Crippen LogP contribution < -0.4 is 5.73 Å². The van der Waals surface area contributed by atoms with Crippen LogP contribution in [0, 0.1) is 0 Å². The van der Waals surface area contributed by atoms with Crippen molar-refractivity contribution in [3.8, 4) is 0 Å². The molecule has 2 saturated heterocycles. The van der Waals surface area contributed by atoms with E-state index >= 15 is 0 Å². The number of amides is 1. The van der Waals surface area contributed by atoms with Gasteiger partial charge in [0.25, 0.3) is 5.91 Å². The maximum Gasteiger partial charge on any atom is 0.335 e. The zero-order valence-corrected chi connectivity index (χ0v) is 22.3. The van der Waals surface area contributed by atoms with Crippen molar-refractivity contribution in [2.45, 2.75) is 102 Å². The Morgan fingerprint density at radius 3 is 2.12 bits per heavy atom. The summed E-state index contributed by atoms with van der Waals surface area (Å²) in [5.74, 6) is -0.879. The predicted molar refractivity (Wildman–Crippen MR) is 122 cm³/mol. The van der Waals surface area contributed by atoms with Crippen LogP contribution in [-0.4, -0.2) is 67.8 Å². The monoisotopic (exact) mass is 486 g/mol. The molecule has 0 aliphatic carbocycles. The first-order valence-corrected chi connectivity index (χ1v) is 15.4. The molecule has 1 amide bonds. The highest BCUT2D eigenvalue weighted by Gasteiger charge is 2.61. The summed E-state index contributed by atoms with van der Waals surface area (Å²) in [5, 5.41) is 15.3. The van der Waals surface area contributed by atoms with Gasteiger partial charge in [-0.3, -0.25) is 4.79 Å². The van der Waals surface area contributed by atoms with Gasteiger partial charge in [-0.2, -0.15) is 0 Å². The SMILES string of the molecule is CC(C)[Si]1(C(C)C)OC[C@H]2O[C@@H](n3cnc(C(N)=O)n3)[C@@H](O)C2O[Si](C(C)C)(C(C)C)O1. The molecule has 3 heterocycles. The maximum atomic E-state index is 11.4. The van der Waals surface area contributed by atoms with Gasteiger partial charge >= 0.3 is 17.1 Å². The molecule has 3 rings (SSSR count). The van der Waals surface area contributed by atoms with Crippen LogP contribution in [0.15, 0.2) is 6.33 Å². The van der Waals surface area contributed by atoms with E-state index < -0.39 is 47.6 Å². The third kappa shape index (κ3) is 4.21. The van der Waals surface area contributed by atoms with E-state index in [0.717, 1.165) is 0 Å². The Bertz CT molecular complexity index is 802. The van der Waals surface area contributed by atoms with Gasteiger partial charge in [0.1, 0.15) is 24.6 Å². The number of aromatic nitrogens is 3. The summed E-state index contributed by atoms with van der Waals surface area (Å²) in [6.07, 6.45) is -1.72. The van der Waals surface area contributed by atoms with Crippen LogP contribution in [-0.2, 0) is 17.7 Å². The fourth-order valence-corrected chi connectivity index (χ4v) is 16.1. The minimum Gasteiger partial charge on any atom is -0.414 e. The largest absolute Gasteiger partial charge is 0.414 e. The molecule has 3 N–H and O–H groups in total. The van der Waals surface area contributed by atoms with E-state index in [4.69, 9.17) is 23.4 Å². The lowest BCUT2D eigenvalue weighted by molar-refractivity contribution is -0.0631. The van der Waals surface area contributed by atoms with Crippen molar-refractivity contribution < 1.29 is 27.6 Å². The minimum absolute atomic E-state index is 0.133. The fourth-order valence-electron chi connectivity index (χ4n) is 4.87. The van der Waals surface area contributed by atoms with Gasteiger partial charge in [-0.05, 0) is 22.2 Å². The van der Waals surface area contributed by atoms with E-state index in [2.05, 4.69) is 65.5 Å². The molecule has 4 atom stereocenters. The number of rotatable bonds is 6. The van der Waals surface area contributed by atoms with Gasteiger partial charge in [0.15, 0.2) is 6.23 Å². The summed E-state index contributed by atoms with van der Waals surface area (Å²) in [4.78, 5) is 15.3. The van der Waals surface area contributed by atoms with Crippen molar-refractivity contribution in [3.63, 3.8) is 0 Å². The summed E-state index contributed by atoms with van der Waals surface area (Å²) >= 11 is 0. The molecule has 0 spiro atoms. The number of ether oxygens (including phenoxy) is 1. The molecule has 0 bridgehead atoms. The Balaban J connectivity index is 2.03. The molecule has 1 aromatic rings. The lowest BCUT2D eigenvalue weighted by Crippen LogP contribution is -2.65. The van der Waals surface area contributed by atoms with Crippen molar-refractivity contribution in [2.75, 3.05) is 6.61 Å². The molecule has 2 aliphatic heterocycles. The highest BCUT2D eigenvalue weighted by atomic mass is 28.5. The first kappa shape index (κ1) is 25.5. The molecular formula is C20H38N4O6Si2. The Kier molecular flexibility index (Phi) is 7.35. The molecule has 12 heteroatoms. The number of hydrogen-bond acceptors (Lipinski definition) is 8. The minimum atomic E-state index is -2.87. The number of aliphatic hydroxyl groups is 1. The van der Waals surface area contributed by atoms with E-state index in [0.29, 0.717) is 0 Å². The molecule has 0 aromatic carbocycles. The van der Waals surface area contributed by atoms with E-state index in [-0.39, 0.29) is 34.6 Å². The summed E-state index contributed by atoms with van der Waals surface area (Å²) in [7, 11) is -5.57. The highest BCUT2D eigenvalue weighted by Crippen LogP contribution is 2.48. The van der Waals surface area contributed by atoms with Crippen molar-refractivity contribution >= 4 is 23.0 Å². The lowest BCUT2D eigenvalue weighted by Gasteiger charge is -2.51. The standard InChI is InChI=1S/C20H38N4O6Si2/c1-11(2)31(12(3)4)27-9-15-17(29-32(30-31,13(5)6)14(7)8)16(25)20(28-15)24-10-22-19(23-24)18(21)26/h10-17,20,25H,9H2,1-8H3,(H2,21,26)/t15-,16+,17?,20-/m1/s1. The first-order valence-electron chi connectivity index (χ1n) is 11.4. The van der Waals surface area contributed by atoms with Gasteiger partial charge in [-0.15, -0.1) is 5.10 Å². The summed E-state index contributed by atoms with van der Waals surface area (Å²) in [5.41, 5.74) is 5.96. The molecule has 0 saturated carbocycles. The van der Waals surface area contributed by atoms with Crippen LogP contribution in [0.4, 0.5) is 0 Å². The smallest absolute Gasteiger partial charge is 0.335 e. The van der Waals surface area contributed by atoms with Crippen molar-refractivity contribution in [2.24, 2.45) is 5.73 Å². The number of nitrogens with zero attached hydrogens (tertiary/aromatic N) is 3. The summed E-state index contributed by atoms with van der Waals surface area (Å²) in [6.45, 7) is 17.4. The molecule has 0 radical (unpaired) electrons. The molecular weight excluding hydrogens is 448 g/mol. The van der Waals surface area contributed by atoms with E-state index in [1.807, 2.05) is 0 Å². The number of aliphatic hydroxyl groups excluding tert-OH is 1. The van der Waals surface area contributed by atoms with Gasteiger partial charge in [0, 0.05) is 0 Å². The molecule has 10 nitrogen and oxygen atoms in total. The van der Waals surface area contributed by atoms with Crippen molar-refractivity contribution in [1.29, 1.82) is 0 Å². The second-order valence-corrected chi connectivity index (χ2v) is 18.9. The maximum absolute atomic E-state index is 11.4. The predicted octanol–water partition coefficient (Wildman–Crippen LogP) is 2.59. The molecule has 2 aliphatic rings. The Morgan fingerprint density at radius 1 is 1.09 bits per heavy atom. The Labute approximate surface area is 192 Å². The number of carbonyl (C=O) groups is 1. The normalized spacial score (nSPS) is 30.0. The van der Waals surface area contributed by atoms with Gasteiger partial charge < -0.3 is 28.5 Å². The summed E-state index contributed by atoms with van der Waals surface area (Å²) in [6, 6.07) is 0. The van der Waals surface area contributed by atoms with Crippen LogP contribution in [0.2, 0.25) is 22.2 Å². The van der Waals surface area contributed by atoms with Crippen LogP contribution in [0.3, 0.4) is 0 Å². The fraction of sp³-hybridized carbons (Fsp3) is 0.850. The topological polar surface area (TPSA) is 131 Å². The molecule has 32 heavy (non-hydrogen) atoms. The van der Waals surface area contributed by atoms with E-state index in [9.17, 15) is 9.90 Å². The van der Waals surface area contributed by atoms with Gasteiger partial charge in [-0.25, -0.2) is 9.67 Å². The highest BCUT2D eigenvalue weighted by molar-refractivity contribution is 6.83. The van der Waals surface area contributed by atoms with Crippen molar-refractivity contribution in [1.82, 2.24) is 14.8 Å². The summed E-state index contributed by atoms with van der Waals surface area (Å²) < 4.78 is 28.1. The second kappa shape index (κ2) is 9.24. The quantitative estimate of drug-likeness (QED) is 0.587. The second-order valence-electron chi connectivity index (χ2n) is 10.0. The Hall–Kier alpha value is -1.16. The van der Waals surface area contributed by atoms with Crippen LogP contribution in [0.25, 0.3) is 0 Å². The average molecular weight is 487 g/mol. The van der Waals surface area contributed by atoms with Gasteiger partial charge in [-0.1, -0.05) is 55.4 Å². The lowest BCUT2D eigenvalue weighted by atomic mass is 10.1. The number of primary amides is 1. The van der Waals surface area contributed by atoms with Crippen LogP contribution in [0.1, 0.15) is 72.2 Å². The molecule has 1 unspecified atom stereocenters. The molecule has 182 valence electrons. The number of carbonyl (C=O) groups excluding carboxylic acids is 1. The zero-order chi connectivity index (χ0) is 24.0. The van der Waals surface area contributed by atoms with Gasteiger partial charge in [0.05, 0.1) is 6.61 Å². The van der Waals surface area contributed by atoms with Gasteiger partial charge in [0.2, 0.25) is 5.82 Å². The van der Waals surface area contributed by atoms with Crippen LogP contribution in [0.5, 0.6) is 0 Å². The van der Waals surface area contributed by atoms with Crippen LogP contribution >= 0.6 is 0 Å². The third-order valence-corrected chi connectivity index (χ3v) is 16.9. The average Bonchev–Trinajstić information content (AvgIpc) is 3.27. The number of hydrogen-bond donors (Lipinski definition) is 2.